The maximum absolute atomic E-state index is 6.26. The first-order valence-electron chi connectivity index (χ1n) is 7.53. The fraction of sp³-hybridized carbons (Fsp3) is 0.625. The van der Waals surface area contributed by atoms with E-state index in [1.54, 1.807) is 0 Å². The van der Waals surface area contributed by atoms with Crippen LogP contribution in [0, 0.1) is 5.92 Å². The summed E-state index contributed by atoms with van der Waals surface area (Å²) >= 11 is 8.32. The Bertz CT molecular complexity index is 480. The lowest BCUT2D eigenvalue weighted by molar-refractivity contribution is 0.348. The molecule has 0 amide bonds. The minimum Gasteiger partial charge on any atom is -0.493 e. The summed E-state index contributed by atoms with van der Waals surface area (Å²) in [6.45, 7) is 4.15. The van der Waals surface area contributed by atoms with E-state index in [0.29, 0.717) is 12.0 Å². The average molecular weight is 312 g/mol. The third kappa shape index (κ3) is 3.10. The number of fused-ring (bicyclic) bond motifs is 1. The Morgan fingerprint density at radius 2 is 2.30 bits per heavy atom. The molecule has 3 rings (SSSR count). The third-order valence-electron chi connectivity index (χ3n) is 4.16. The van der Waals surface area contributed by atoms with E-state index in [0.717, 1.165) is 36.8 Å². The van der Waals surface area contributed by atoms with E-state index >= 15 is 0 Å². The topological polar surface area (TPSA) is 21.3 Å². The number of thioether (sulfide) groups is 1. The van der Waals surface area contributed by atoms with Gasteiger partial charge in [0.1, 0.15) is 5.75 Å². The largest absolute Gasteiger partial charge is 0.493 e. The highest BCUT2D eigenvalue weighted by Gasteiger charge is 2.29. The van der Waals surface area contributed by atoms with E-state index in [9.17, 15) is 0 Å². The summed E-state index contributed by atoms with van der Waals surface area (Å²) < 4.78 is 5.83. The normalized spacial score (nSPS) is 24.7. The molecule has 2 aliphatic heterocycles. The van der Waals surface area contributed by atoms with Crippen molar-refractivity contribution in [2.24, 2.45) is 5.92 Å². The third-order valence-corrected chi connectivity index (χ3v) is 5.64. The molecule has 0 spiro atoms. The van der Waals surface area contributed by atoms with Crippen molar-refractivity contribution in [2.45, 2.75) is 32.2 Å². The molecule has 110 valence electrons. The first-order chi connectivity index (χ1) is 9.78. The maximum atomic E-state index is 6.26. The lowest BCUT2D eigenvalue weighted by Gasteiger charge is -2.21. The van der Waals surface area contributed by atoms with Gasteiger partial charge in [-0.1, -0.05) is 18.5 Å². The molecule has 1 aromatic carbocycles. The van der Waals surface area contributed by atoms with Gasteiger partial charge in [0.15, 0.2) is 0 Å². The van der Waals surface area contributed by atoms with Crippen LogP contribution in [0.5, 0.6) is 5.75 Å². The molecule has 2 nitrogen and oxygen atoms in total. The fourth-order valence-electron chi connectivity index (χ4n) is 3.14. The van der Waals surface area contributed by atoms with Gasteiger partial charge in [0.05, 0.1) is 6.61 Å². The van der Waals surface area contributed by atoms with E-state index in [-0.39, 0.29) is 0 Å². The highest BCUT2D eigenvalue weighted by Crippen LogP contribution is 2.36. The molecule has 1 aromatic rings. The number of nitrogens with one attached hydrogen (secondary N) is 1. The van der Waals surface area contributed by atoms with Crippen LogP contribution in [-0.4, -0.2) is 30.7 Å². The molecular weight excluding hydrogens is 290 g/mol. The number of halogens is 1. The summed E-state index contributed by atoms with van der Waals surface area (Å²) in [4.78, 5) is 0. The Balaban J connectivity index is 1.74. The lowest BCUT2D eigenvalue weighted by Crippen LogP contribution is -2.36. The highest BCUT2D eigenvalue weighted by atomic mass is 35.5. The summed E-state index contributed by atoms with van der Waals surface area (Å²) in [6, 6.07) is 4.80. The molecule has 1 fully saturated rings. The van der Waals surface area contributed by atoms with Crippen LogP contribution in [0.4, 0.5) is 0 Å². The molecule has 1 N–H and O–H groups in total. The van der Waals surface area contributed by atoms with Crippen molar-refractivity contribution in [1.82, 2.24) is 5.32 Å². The molecule has 1 saturated heterocycles. The molecule has 0 bridgehead atoms. The van der Waals surface area contributed by atoms with Crippen molar-refractivity contribution in [3.63, 3.8) is 0 Å². The Kier molecular flexibility index (Phi) is 4.79. The van der Waals surface area contributed by atoms with E-state index in [1.165, 1.54) is 29.1 Å². The van der Waals surface area contributed by atoms with Gasteiger partial charge in [0.25, 0.3) is 0 Å². The van der Waals surface area contributed by atoms with Crippen LogP contribution >= 0.6 is 23.4 Å². The van der Waals surface area contributed by atoms with Gasteiger partial charge in [0.2, 0.25) is 0 Å². The molecule has 0 aromatic heterocycles. The summed E-state index contributed by atoms with van der Waals surface area (Å²) in [5.41, 5.74) is 2.59. The Morgan fingerprint density at radius 3 is 3.15 bits per heavy atom. The van der Waals surface area contributed by atoms with Gasteiger partial charge in [0, 0.05) is 23.2 Å². The minimum atomic E-state index is 0.635. The van der Waals surface area contributed by atoms with Gasteiger partial charge in [-0.25, -0.2) is 0 Å². The van der Waals surface area contributed by atoms with Crippen LogP contribution in [0.3, 0.4) is 0 Å². The number of benzene rings is 1. The van der Waals surface area contributed by atoms with Crippen molar-refractivity contribution in [3.8, 4) is 5.75 Å². The van der Waals surface area contributed by atoms with Crippen molar-refractivity contribution in [3.05, 3.63) is 28.3 Å². The van der Waals surface area contributed by atoms with Gasteiger partial charge in [-0.2, -0.15) is 11.8 Å². The molecule has 0 radical (unpaired) electrons. The predicted molar refractivity (Wildman–Crippen MR) is 87.3 cm³/mol. The standard InChI is InChI=1S/C16H22ClNOS/c1-2-4-18-15-10-20-9-13(15)6-12-8-14(17)7-11-3-5-19-16(11)12/h7-8,13,15,18H,2-6,9-10H2,1H3. The lowest BCUT2D eigenvalue weighted by atomic mass is 9.93. The molecule has 2 atom stereocenters. The first-order valence-corrected chi connectivity index (χ1v) is 9.06. The fourth-order valence-corrected chi connectivity index (χ4v) is 4.83. The van der Waals surface area contributed by atoms with Crippen LogP contribution in [0.1, 0.15) is 24.5 Å². The molecule has 4 heteroatoms. The summed E-state index contributed by atoms with van der Waals surface area (Å²) in [5.74, 6) is 4.27. The number of ether oxygens (including phenoxy) is 1. The molecule has 0 saturated carbocycles. The van der Waals surface area contributed by atoms with E-state index < -0.39 is 0 Å². The molecular formula is C16H22ClNOS. The van der Waals surface area contributed by atoms with Gasteiger partial charge in [-0.3, -0.25) is 0 Å². The molecule has 2 unspecified atom stereocenters. The second-order valence-corrected chi connectivity index (χ2v) is 7.23. The minimum absolute atomic E-state index is 0.635. The van der Waals surface area contributed by atoms with Crippen LogP contribution in [0.2, 0.25) is 5.02 Å². The SMILES string of the molecule is CCCNC1CSCC1Cc1cc(Cl)cc2c1OCC2. The summed E-state index contributed by atoms with van der Waals surface area (Å²) in [6.07, 6.45) is 3.28. The second kappa shape index (κ2) is 6.59. The van der Waals surface area contributed by atoms with Gasteiger partial charge in [-0.05, 0) is 54.3 Å². The number of hydrogen-bond acceptors (Lipinski definition) is 3. The zero-order chi connectivity index (χ0) is 13.9. The van der Waals surface area contributed by atoms with Crippen molar-refractivity contribution < 1.29 is 4.74 Å². The van der Waals surface area contributed by atoms with E-state index in [4.69, 9.17) is 16.3 Å². The monoisotopic (exact) mass is 311 g/mol. The summed E-state index contributed by atoms with van der Waals surface area (Å²) in [7, 11) is 0. The van der Waals surface area contributed by atoms with Crippen LogP contribution in [0.15, 0.2) is 12.1 Å². The Hall–Kier alpha value is -0.380. The zero-order valence-electron chi connectivity index (χ0n) is 12.0. The molecule has 2 heterocycles. The zero-order valence-corrected chi connectivity index (χ0v) is 13.5. The van der Waals surface area contributed by atoms with Gasteiger partial charge >= 0.3 is 0 Å². The van der Waals surface area contributed by atoms with E-state index in [2.05, 4.69) is 36.1 Å². The molecule has 2 aliphatic rings. The van der Waals surface area contributed by atoms with Crippen molar-refractivity contribution in [2.75, 3.05) is 24.7 Å². The average Bonchev–Trinajstić information content (AvgIpc) is 3.05. The van der Waals surface area contributed by atoms with Gasteiger partial charge in [-0.15, -0.1) is 0 Å². The number of hydrogen-bond donors (Lipinski definition) is 1. The second-order valence-electron chi connectivity index (χ2n) is 5.71. The van der Waals surface area contributed by atoms with Crippen LogP contribution < -0.4 is 10.1 Å². The molecule has 0 aliphatic carbocycles. The van der Waals surface area contributed by atoms with Gasteiger partial charge < -0.3 is 10.1 Å². The molecule has 20 heavy (non-hydrogen) atoms. The van der Waals surface area contributed by atoms with Crippen molar-refractivity contribution >= 4 is 23.4 Å². The summed E-state index contributed by atoms with van der Waals surface area (Å²) in [5, 5.41) is 4.54. The highest BCUT2D eigenvalue weighted by molar-refractivity contribution is 7.99. The number of rotatable bonds is 5. The first kappa shape index (κ1) is 14.6. The van der Waals surface area contributed by atoms with Crippen molar-refractivity contribution in [1.29, 1.82) is 0 Å². The Labute approximate surface area is 130 Å². The Morgan fingerprint density at radius 1 is 1.40 bits per heavy atom. The quantitative estimate of drug-likeness (QED) is 0.898. The smallest absolute Gasteiger partial charge is 0.125 e. The van der Waals surface area contributed by atoms with E-state index in [1.807, 2.05) is 0 Å². The predicted octanol–water partition coefficient (Wildman–Crippen LogP) is 3.55. The van der Waals surface area contributed by atoms with Crippen LogP contribution in [-0.2, 0) is 12.8 Å². The maximum Gasteiger partial charge on any atom is 0.125 e. The van der Waals surface area contributed by atoms with Crippen LogP contribution in [0.25, 0.3) is 0 Å².